The SMILES string of the molecule is CC[C@@H]1[C@H](C(=O)Nc2cc3cc([C@H]4CC[C@H](N5CC(F)C5)CC4)c(Cl)cc3cn2)[C@H]1c1cnn(C)c1. The van der Waals surface area contributed by atoms with E-state index in [1.54, 1.807) is 10.9 Å². The normalized spacial score (nSPS) is 28.7. The van der Waals surface area contributed by atoms with Gasteiger partial charge in [-0.25, -0.2) is 9.37 Å². The number of amides is 1. The summed E-state index contributed by atoms with van der Waals surface area (Å²) in [6, 6.07) is 6.63. The molecular formula is C28H33ClFN5O. The summed E-state index contributed by atoms with van der Waals surface area (Å²) in [7, 11) is 1.90. The Bertz CT molecular complexity index is 1280. The van der Waals surface area contributed by atoms with Crippen molar-refractivity contribution in [2.75, 3.05) is 18.4 Å². The Morgan fingerprint density at radius 2 is 1.92 bits per heavy atom. The van der Waals surface area contributed by atoms with E-state index in [4.69, 9.17) is 11.6 Å². The number of fused-ring (bicyclic) bond motifs is 1. The highest BCUT2D eigenvalue weighted by Crippen LogP contribution is 2.56. The highest BCUT2D eigenvalue weighted by atomic mass is 35.5. The molecule has 0 spiro atoms. The predicted molar refractivity (Wildman–Crippen MR) is 140 cm³/mol. The second-order valence-electron chi connectivity index (χ2n) is 10.9. The zero-order valence-electron chi connectivity index (χ0n) is 20.8. The van der Waals surface area contributed by atoms with Crippen molar-refractivity contribution in [3.8, 4) is 0 Å². The lowest BCUT2D eigenvalue weighted by atomic mass is 9.80. The summed E-state index contributed by atoms with van der Waals surface area (Å²) in [5, 5.41) is 10.1. The lowest BCUT2D eigenvalue weighted by Gasteiger charge is -2.43. The van der Waals surface area contributed by atoms with Crippen LogP contribution >= 0.6 is 11.6 Å². The Labute approximate surface area is 216 Å². The molecule has 1 amide bonds. The van der Waals surface area contributed by atoms with Crippen LogP contribution in [-0.4, -0.2) is 50.9 Å². The Morgan fingerprint density at radius 1 is 1.14 bits per heavy atom. The van der Waals surface area contributed by atoms with E-state index in [0.717, 1.165) is 53.5 Å². The van der Waals surface area contributed by atoms with Gasteiger partial charge < -0.3 is 5.32 Å². The highest BCUT2D eigenvalue weighted by molar-refractivity contribution is 6.32. The summed E-state index contributed by atoms with van der Waals surface area (Å²) < 4.78 is 15.1. The fourth-order valence-corrected chi connectivity index (χ4v) is 6.91. The van der Waals surface area contributed by atoms with E-state index in [9.17, 15) is 9.18 Å². The molecule has 2 aromatic heterocycles. The number of aromatic nitrogens is 3. The molecular weight excluding hydrogens is 477 g/mol. The number of likely N-dealkylation sites (tertiary alicyclic amines) is 1. The van der Waals surface area contributed by atoms with Crippen molar-refractivity contribution >= 4 is 34.1 Å². The molecule has 3 aliphatic rings. The molecule has 6 rings (SSSR count). The third kappa shape index (κ3) is 4.41. The van der Waals surface area contributed by atoms with Gasteiger partial charge in [0.05, 0.1) is 6.20 Å². The predicted octanol–water partition coefficient (Wildman–Crippen LogP) is 5.68. The molecule has 0 bridgehead atoms. The topological polar surface area (TPSA) is 63.1 Å². The molecule has 3 fully saturated rings. The lowest BCUT2D eigenvalue weighted by Crippen LogP contribution is -2.54. The van der Waals surface area contributed by atoms with Crippen LogP contribution < -0.4 is 5.32 Å². The van der Waals surface area contributed by atoms with Gasteiger partial charge in [-0.1, -0.05) is 24.9 Å². The molecule has 190 valence electrons. The molecule has 0 unspecified atom stereocenters. The van der Waals surface area contributed by atoms with Gasteiger partial charge >= 0.3 is 0 Å². The van der Waals surface area contributed by atoms with Crippen LogP contribution in [0.4, 0.5) is 10.2 Å². The monoisotopic (exact) mass is 509 g/mol. The number of pyridine rings is 1. The molecule has 3 heterocycles. The molecule has 3 aromatic rings. The summed E-state index contributed by atoms with van der Waals surface area (Å²) in [4.78, 5) is 19.9. The molecule has 1 saturated heterocycles. The van der Waals surface area contributed by atoms with Crippen LogP contribution in [-0.2, 0) is 11.8 Å². The molecule has 2 aliphatic carbocycles. The second kappa shape index (κ2) is 9.42. The Hall–Kier alpha value is -2.51. The van der Waals surface area contributed by atoms with E-state index in [2.05, 4.69) is 33.3 Å². The third-order valence-corrected chi connectivity index (χ3v) is 8.99. The van der Waals surface area contributed by atoms with E-state index in [1.165, 1.54) is 5.56 Å². The average Bonchev–Trinajstić information content (AvgIpc) is 3.44. The molecule has 1 aliphatic heterocycles. The first-order valence-electron chi connectivity index (χ1n) is 13.2. The number of halogens is 2. The zero-order valence-corrected chi connectivity index (χ0v) is 21.6. The van der Waals surface area contributed by atoms with E-state index in [0.29, 0.717) is 36.8 Å². The van der Waals surface area contributed by atoms with E-state index < -0.39 is 6.17 Å². The summed E-state index contributed by atoms with van der Waals surface area (Å²) in [5.41, 5.74) is 2.30. The molecule has 1 N–H and O–H groups in total. The molecule has 1 aromatic carbocycles. The van der Waals surface area contributed by atoms with Gasteiger partial charge in [-0.2, -0.15) is 5.10 Å². The number of hydrogen-bond donors (Lipinski definition) is 1. The van der Waals surface area contributed by atoms with Crippen molar-refractivity contribution in [2.24, 2.45) is 18.9 Å². The van der Waals surface area contributed by atoms with Crippen LogP contribution in [0.5, 0.6) is 0 Å². The number of hydrogen-bond acceptors (Lipinski definition) is 4. The third-order valence-electron chi connectivity index (χ3n) is 8.66. The van der Waals surface area contributed by atoms with Crippen LogP contribution in [0.25, 0.3) is 10.8 Å². The van der Waals surface area contributed by atoms with Gasteiger partial charge in [0.1, 0.15) is 12.0 Å². The van der Waals surface area contributed by atoms with Gasteiger partial charge in [-0.05, 0) is 72.2 Å². The van der Waals surface area contributed by atoms with Crippen LogP contribution in [0, 0.1) is 11.8 Å². The molecule has 36 heavy (non-hydrogen) atoms. The van der Waals surface area contributed by atoms with Crippen molar-refractivity contribution in [3.05, 3.63) is 52.9 Å². The number of aryl methyl sites for hydroxylation is 1. The number of anilines is 1. The highest BCUT2D eigenvalue weighted by Gasteiger charge is 2.54. The molecule has 6 nitrogen and oxygen atoms in total. The zero-order chi connectivity index (χ0) is 25.0. The summed E-state index contributed by atoms with van der Waals surface area (Å²) >= 11 is 6.71. The number of carbonyl (C=O) groups is 1. The first kappa shape index (κ1) is 23.9. The molecule has 8 heteroatoms. The van der Waals surface area contributed by atoms with Crippen molar-refractivity contribution in [1.82, 2.24) is 19.7 Å². The fourth-order valence-electron chi connectivity index (χ4n) is 6.59. The number of nitrogens with zero attached hydrogens (tertiary/aromatic N) is 4. The minimum Gasteiger partial charge on any atom is -0.310 e. The smallest absolute Gasteiger partial charge is 0.229 e. The number of alkyl halides is 1. The van der Waals surface area contributed by atoms with Crippen molar-refractivity contribution < 1.29 is 9.18 Å². The summed E-state index contributed by atoms with van der Waals surface area (Å²) in [6.07, 6.45) is 10.3. The van der Waals surface area contributed by atoms with Gasteiger partial charge in [-0.3, -0.25) is 14.4 Å². The van der Waals surface area contributed by atoms with Crippen molar-refractivity contribution in [2.45, 2.75) is 63.1 Å². The van der Waals surface area contributed by atoms with E-state index in [-0.39, 0.29) is 17.7 Å². The first-order valence-corrected chi connectivity index (χ1v) is 13.6. The summed E-state index contributed by atoms with van der Waals surface area (Å²) in [5.74, 6) is 1.51. The Morgan fingerprint density at radius 3 is 2.58 bits per heavy atom. The Balaban J connectivity index is 1.16. The number of carbonyl (C=O) groups excluding carboxylic acids is 1. The van der Waals surface area contributed by atoms with E-state index >= 15 is 0 Å². The quantitative estimate of drug-likeness (QED) is 0.464. The lowest BCUT2D eigenvalue weighted by molar-refractivity contribution is -0.117. The Kier molecular flexibility index (Phi) is 6.24. The molecule has 2 saturated carbocycles. The van der Waals surface area contributed by atoms with Gasteiger partial charge in [0.2, 0.25) is 5.91 Å². The number of rotatable bonds is 6. The van der Waals surface area contributed by atoms with E-state index in [1.807, 2.05) is 31.6 Å². The second-order valence-corrected chi connectivity index (χ2v) is 11.3. The van der Waals surface area contributed by atoms with Crippen LogP contribution in [0.3, 0.4) is 0 Å². The fraction of sp³-hybridized carbons (Fsp3) is 0.536. The van der Waals surface area contributed by atoms with Crippen molar-refractivity contribution in [1.29, 1.82) is 0 Å². The number of benzene rings is 1. The molecule has 0 radical (unpaired) electrons. The maximum absolute atomic E-state index is 13.3. The van der Waals surface area contributed by atoms with Gasteiger partial charge in [0.15, 0.2) is 0 Å². The first-order chi connectivity index (χ1) is 17.4. The summed E-state index contributed by atoms with van der Waals surface area (Å²) in [6.45, 7) is 3.32. The average molecular weight is 510 g/mol. The standard InChI is InChI=1S/C28H33ClFN5O/c1-3-22-26(19-12-32-34(2)13-19)27(22)28(36)33-25-10-17-8-23(24(29)9-18(17)11-31-25)16-4-6-21(7-5-16)35-14-20(30)15-35/h8-13,16,20-22,26-27H,3-7,14-15H2,1-2H3,(H,31,33,36)/t16-,21-,22-,26-,27-/m0/s1. The van der Waals surface area contributed by atoms with Crippen LogP contribution in [0.15, 0.2) is 36.8 Å². The van der Waals surface area contributed by atoms with Crippen molar-refractivity contribution in [3.63, 3.8) is 0 Å². The largest absolute Gasteiger partial charge is 0.310 e. The van der Waals surface area contributed by atoms with Gasteiger partial charge in [-0.15, -0.1) is 0 Å². The van der Waals surface area contributed by atoms with Crippen LogP contribution in [0.1, 0.15) is 62.0 Å². The van der Waals surface area contributed by atoms with Gasteiger partial charge in [0.25, 0.3) is 0 Å². The van der Waals surface area contributed by atoms with Gasteiger partial charge in [0, 0.05) is 60.8 Å². The van der Waals surface area contributed by atoms with Crippen LogP contribution in [0.2, 0.25) is 5.02 Å². The minimum absolute atomic E-state index is 0.0246. The number of nitrogens with one attached hydrogen (secondary N) is 1. The molecule has 3 atom stereocenters. The maximum atomic E-state index is 13.3. The minimum atomic E-state index is -0.644. The maximum Gasteiger partial charge on any atom is 0.229 e.